The van der Waals surface area contributed by atoms with Gasteiger partial charge in [-0.25, -0.2) is 9.97 Å². The fourth-order valence-corrected chi connectivity index (χ4v) is 3.16. The highest BCUT2D eigenvalue weighted by atomic mass is 32.1. The number of rotatable bonds is 7. The first-order valence-corrected chi connectivity index (χ1v) is 9.14. The van der Waals surface area contributed by atoms with Gasteiger partial charge >= 0.3 is 0 Å². The van der Waals surface area contributed by atoms with Crippen LogP contribution in [0.15, 0.2) is 60.1 Å². The smallest absolute Gasteiger partial charge is 0.244 e. The van der Waals surface area contributed by atoms with Gasteiger partial charge < -0.3 is 10.4 Å². The summed E-state index contributed by atoms with van der Waals surface area (Å²) >= 11 is 1.49. The number of hydrogen-bond acceptors (Lipinski definition) is 5. The van der Waals surface area contributed by atoms with Crippen molar-refractivity contribution in [2.75, 3.05) is 6.54 Å². The third-order valence-corrected chi connectivity index (χ3v) is 4.63. The standard InChI is InChI=1S/C20H19N3O2S/c24-13-15-12-17(26-14-15)6-7-20(25)22-11-9-19-21-10-8-18(23-19)16-4-2-1-3-5-16/h1-8,10,12,14,24H,9,11,13H2,(H,22,25). The molecule has 132 valence electrons. The van der Waals surface area contributed by atoms with E-state index in [0.717, 1.165) is 21.7 Å². The molecule has 0 fully saturated rings. The van der Waals surface area contributed by atoms with Crippen LogP contribution in [0, 0.1) is 0 Å². The molecule has 1 amide bonds. The lowest BCUT2D eigenvalue weighted by molar-refractivity contribution is -0.116. The van der Waals surface area contributed by atoms with Crippen LogP contribution in [-0.4, -0.2) is 27.5 Å². The molecule has 0 radical (unpaired) electrons. The minimum absolute atomic E-state index is 0.0125. The molecular weight excluding hydrogens is 346 g/mol. The number of carbonyl (C=O) groups is 1. The lowest BCUT2D eigenvalue weighted by Crippen LogP contribution is -2.24. The van der Waals surface area contributed by atoms with E-state index in [1.807, 2.05) is 47.8 Å². The summed E-state index contributed by atoms with van der Waals surface area (Å²) < 4.78 is 0. The predicted molar refractivity (Wildman–Crippen MR) is 103 cm³/mol. The summed E-state index contributed by atoms with van der Waals surface area (Å²) in [6, 6.07) is 13.7. The maximum atomic E-state index is 11.9. The molecule has 3 rings (SSSR count). The Balaban J connectivity index is 1.51. The van der Waals surface area contributed by atoms with Crippen LogP contribution in [0.4, 0.5) is 0 Å². The van der Waals surface area contributed by atoms with Crippen LogP contribution in [0.25, 0.3) is 17.3 Å². The average Bonchev–Trinajstić information content (AvgIpc) is 3.15. The summed E-state index contributed by atoms with van der Waals surface area (Å²) in [5.74, 6) is 0.532. The number of thiophene rings is 1. The van der Waals surface area contributed by atoms with Gasteiger partial charge in [-0.3, -0.25) is 4.79 Å². The van der Waals surface area contributed by atoms with Gasteiger partial charge in [-0.1, -0.05) is 30.3 Å². The van der Waals surface area contributed by atoms with Gasteiger partial charge in [-0.2, -0.15) is 0 Å². The van der Waals surface area contributed by atoms with Crippen LogP contribution in [0.5, 0.6) is 0 Å². The van der Waals surface area contributed by atoms with Crippen molar-refractivity contribution in [1.29, 1.82) is 0 Å². The van der Waals surface area contributed by atoms with Crippen LogP contribution in [0.2, 0.25) is 0 Å². The van der Waals surface area contributed by atoms with Gasteiger partial charge in [-0.15, -0.1) is 11.3 Å². The number of benzene rings is 1. The molecule has 26 heavy (non-hydrogen) atoms. The molecule has 0 bridgehead atoms. The van der Waals surface area contributed by atoms with E-state index in [1.54, 1.807) is 12.3 Å². The first-order valence-electron chi connectivity index (χ1n) is 8.26. The third-order valence-electron chi connectivity index (χ3n) is 3.68. The second-order valence-electron chi connectivity index (χ2n) is 5.61. The normalized spacial score (nSPS) is 11.0. The first-order chi connectivity index (χ1) is 12.7. The molecule has 5 nitrogen and oxygen atoms in total. The Labute approximate surface area is 156 Å². The van der Waals surface area contributed by atoms with Crippen molar-refractivity contribution in [1.82, 2.24) is 15.3 Å². The van der Waals surface area contributed by atoms with Crippen molar-refractivity contribution in [3.05, 3.63) is 76.4 Å². The molecule has 6 heteroatoms. The Hall–Kier alpha value is -2.83. The van der Waals surface area contributed by atoms with E-state index < -0.39 is 0 Å². The van der Waals surface area contributed by atoms with Crippen molar-refractivity contribution in [3.63, 3.8) is 0 Å². The Morgan fingerprint density at radius 2 is 2.08 bits per heavy atom. The Morgan fingerprint density at radius 1 is 1.23 bits per heavy atom. The molecule has 0 atom stereocenters. The largest absolute Gasteiger partial charge is 0.392 e. The molecule has 0 saturated heterocycles. The molecule has 0 unspecified atom stereocenters. The van der Waals surface area contributed by atoms with E-state index in [0.29, 0.717) is 18.8 Å². The zero-order valence-electron chi connectivity index (χ0n) is 14.1. The Bertz CT molecular complexity index is 891. The summed E-state index contributed by atoms with van der Waals surface area (Å²) in [5, 5.41) is 13.7. The van der Waals surface area contributed by atoms with E-state index in [9.17, 15) is 4.79 Å². The van der Waals surface area contributed by atoms with Gasteiger partial charge in [0.1, 0.15) is 5.82 Å². The van der Waals surface area contributed by atoms with Crippen LogP contribution < -0.4 is 5.32 Å². The number of aliphatic hydroxyl groups excluding tert-OH is 1. The average molecular weight is 365 g/mol. The molecule has 2 aromatic heterocycles. The molecule has 0 aliphatic heterocycles. The number of nitrogens with zero attached hydrogens (tertiary/aromatic N) is 2. The number of nitrogens with one attached hydrogen (secondary N) is 1. The van der Waals surface area contributed by atoms with Gasteiger partial charge in [0.25, 0.3) is 0 Å². The third kappa shape index (κ3) is 5.08. The lowest BCUT2D eigenvalue weighted by atomic mass is 10.1. The van der Waals surface area contributed by atoms with Crippen molar-refractivity contribution in [3.8, 4) is 11.3 Å². The van der Waals surface area contributed by atoms with E-state index >= 15 is 0 Å². The second kappa shape index (κ2) is 9.03. The first kappa shape index (κ1) is 18.0. The molecular formula is C20H19N3O2S. The highest BCUT2D eigenvalue weighted by Gasteiger charge is 2.03. The predicted octanol–water partition coefficient (Wildman–Crippen LogP) is 3.07. The summed E-state index contributed by atoms with van der Waals surface area (Å²) in [5.41, 5.74) is 2.77. The van der Waals surface area contributed by atoms with E-state index in [1.165, 1.54) is 17.4 Å². The summed E-state index contributed by atoms with van der Waals surface area (Å²) in [7, 11) is 0. The maximum Gasteiger partial charge on any atom is 0.244 e. The molecule has 3 aromatic rings. The van der Waals surface area contributed by atoms with Crippen LogP contribution in [-0.2, 0) is 17.8 Å². The van der Waals surface area contributed by atoms with E-state index in [2.05, 4.69) is 15.3 Å². The van der Waals surface area contributed by atoms with Crippen molar-refractivity contribution in [2.45, 2.75) is 13.0 Å². The monoisotopic (exact) mass is 365 g/mol. The van der Waals surface area contributed by atoms with Crippen LogP contribution in [0.1, 0.15) is 16.3 Å². The topological polar surface area (TPSA) is 75.1 Å². The highest BCUT2D eigenvalue weighted by molar-refractivity contribution is 7.11. The lowest BCUT2D eigenvalue weighted by Gasteiger charge is -2.04. The molecule has 0 aliphatic carbocycles. The summed E-state index contributed by atoms with van der Waals surface area (Å²) in [4.78, 5) is 21.6. The zero-order valence-corrected chi connectivity index (χ0v) is 14.9. The highest BCUT2D eigenvalue weighted by Crippen LogP contribution is 2.16. The van der Waals surface area contributed by atoms with Crippen LogP contribution in [0.3, 0.4) is 0 Å². The summed E-state index contributed by atoms with van der Waals surface area (Å²) in [6.07, 6.45) is 5.54. The fraction of sp³-hybridized carbons (Fsp3) is 0.150. The van der Waals surface area contributed by atoms with E-state index in [-0.39, 0.29) is 12.5 Å². The molecule has 0 spiro atoms. The molecule has 0 aliphatic rings. The zero-order chi connectivity index (χ0) is 18.2. The second-order valence-corrected chi connectivity index (χ2v) is 6.56. The van der Waals surface area contributed by atoms with E-state index in [4.69, 9.17) is 5.11 Å². The van der Waals surface area contributed by atoms with Gasteiger partial charge in [0.2, 0.25) is 5.91 Å². The Kier molecular flexibility index (Phi) is 6.24. The van der Waals surface area contributed by atoms with Crippen LogP contribution >= 0.6 is 11.3 Å². The fourth-order valence-electron chi connectivity index (χ4n) is 2.37. The minimum atomic E-state index is -0.164. The van der Waals surface area contributed by atoms with Crippen molar-refractivity contribution in [2.24, 2.45) is 0 Å². The van der Waals surface area contributed by atoms with Gasteiger partial charge in [-0.05, 0) is 29.2 Å². The number of aliphatic hydroxyl groups is 1. The number of carbonyl (C=O) groups excluding carboxylic acids is 1. The maximum absolute atomic E-state index is 11.9. The van der Waals surface area contributed by atoms with Gasteiger partial charge in [0, 0.05) is 35.7 Å². The SMILES string of the molecule is O=C(C=Cc1cc(CO)cs1)NCCc1nccc(-c2ccccc2)n1. The number of aromatic nitrogens is 2. The molecule has 0 saturated carbocycles. The van der Waals surface area contributed by atoms with Gasteiger partial charge in [0.15, 0.2) is 0 Å². The van der Waals surface area contributed by atoms with Crippen molar-refractivity contribution >= 4 is 23.3 Å². The molecule has 2 heterocycles. The molecule has 1 aromatic carbocycles. The summed E-state index contributed by atoms with van der Waals surface area (Å²) in [6.45, 7) is 0.479. The van der Waals surface area contributed by atoms with Crippen molar-refractivity contribution < 1.29 is 9.90 Å². The Morgan fingerprint density at radius 3 is 2.85 bits per heavy atom. The van der Waals surface area contributed by atoms with Gasteiger partial charge in [0.05, 0.1) is 12.3 Å². The minimum Gasteiger partial charge on any atom is -0.392 e. The molecule has 2 N–H and O–H groups in total. The number of amides is 1. The number of hydrogen-bond donors (Lipinski definition) is 2. The quantitative estimate of drug-likeness (QED) is 0.631.